The number of thioether (sulfide) groups is 1. The molecule has 1 aromatic rings. The molecule has 1 aliphatic carbocycles. The maximum Gasteiger partial charge on any atom is 0.0250 e. The second kappa shape index (κ2) is 6.12. The predicted molar refractivity (Wildman–Crippen MR) is 81.4 cm³/mol. The molecule has 3 atom stereocenters. The van der Waals surface area contributed by atoms with Crippen molar-refractivity contribution in [2.75, 3.05) is 7.05 Å². The largest absolute Gasteiger partial charge is 0.316 e. The number of hydrogen-bond donors (Lipinski definition) is 1. The Kier molecular flexibility index (Phi) is 4.74. The van der Waals surface area contributed by atoms with E-state index in [0.29, 0.717) is 6.04 Å². The zero-order valence-electron chi connectivity index (χ0n) is 12.0. The van der Waals surface area contributed by atoms with Crippen molar-refractivity contribution in [1.29, 1.82) is 0 Å². The first-order valence-corrected chi connectivity index (χ1v) is 7.89. The van der Waals surface area contributed by atoms with Gasteiger partial charge in [0.2, 0.25) is 0 Å². The number of nitrogens with one attached hydrogen (secondary N) is 1. The summed E-state index contributed by atoms with van der Waals surface area (Å²) in [6.45, 7) is 6.80. The van der Waals surface area contributed by atoms with Crippen LogP contribution in [0.5, 0.6) is 0 Å². The summed E-state index contributed by atoms with van der Waals surface area (Å²) in [6, 6.07) is 7.47. The molecule has 2 heteroatoms. The van der Waals surface area contributed by atoms with Gasteiger partial charge in [-0.2, -0.15) is 0 Å². The Morgan fingerprint density at radius 2 is 2.00 bits per heavy atom. The molecular formula is C16H25NS. The number of rotatable bonds is 3. The van der Waals surface area contributed by atoms with Crippen LogP contribution in [0, 0.1) is 19.8 Å². The fraction of sp³-hybridized carbons (Fsp3) is 0.625. The lowest BCUT2D eigenvalue weighted by molar-refractivity contribution is 0.329. The molecule has 0 aliphatic heterocycles. The topological polar surface area (TPSA) is 12.0 Å². The highest BCUT2D eigenvalue weighted by Gasteiger charge is 2.28. The molecule has 3 unspecified atom stereocenters. The molecule has 100 valence electrons. The van der Waals surface area contributed by atoms with Gasteiger partial charge in [-0.3, -0.25) is 0 Å². The van der Waals surface area contributed by atoms with E-state index in [0.717, 1.165) is 11.2 Å². The second-order valence-corrected chi connectivity index (χ2v) is 7.02. The SMILES string of the molecule is CNC1CCC(C)CC1Sc1cc(C)ccc1C. The maximum atomic E-state index is 3.51. The first kappa shape index (κ1) is 14.0. The summed E-state index contributed by atoms with van der Waals surface area (Å²) < 4.78 is 0. The highest BCUT2D eigenvalue weighted by Crippen LogP contribution is 2.37. The van der Waals surface area contributed by atoms with E-state index in [1.807, 2.05) is 0 Å². The van der Waals surface area contributed by atoms with Crippen LogP contribution >= 0.6 is 11.8 Å². The molecule has 0 bridgehead atoms. The van der Waals surface area contributed by atoms with Crippen molar-refractivity contribution in [3.63, 3.8) is 0 Å². The third-order valence-electron chi connectivity index (χ3n) is 4.05. The van der Waals surface area contributed by atoms with Gasteiger partial charge in [-0.1, -0.05) is 24.6 Å². The molecule has 0 aromatic heterocycles. The lowest BCUT2D eigenvalue weighted by atomic mass is 9.87. The van der Waals surface area contributed by atoms with Crippen LogP contribution in [0.2, 0.25) is 0 Å². The van der Waals surface area contributed by atoms with Crippen molar-refractivity contribution in [2.24, 2.45) is 5.92 Å². The lowest BCUT2D eigenvalue weighted by Crippen LogP contribution is -2.40. The Morgan fingerprint density at radius 1 is 1.22 bits per heavy atom. The molecule has 18 heavy (non-hydrogen) atoms. The third-order valence-corrected chi connectivity index (χ3v) is 5.56. The standard InChI is InChI=1S/C16H25NS/c1-11-5-7-13(3)15(9-11)18-16-10-12(2)6-8-14(16)17-4/h5,7,9,12,14,16-17H,6,8,10H2,1-4H3. The molecule has 1 aliphatic rings. The van der Waals surface area contributed by atoms with Gasteiger partial charge in [0.1, 0.15) is 0 Å². The van der Waals surface area contributed by atoms with Crippen LogP contribution in [-0.4, -0.2) is 18.3 Å². The minimum Gasteiger partial charge on any atom is -0.316 e. The van der Waals surface area contributed by atoms with Gasteiger partial charge in [0.05, 0.1) is 0 Å². The first-order chi connectivity index (χ1) is 8.60. The minimum atomic E-state index is 0.672. The quantitative estimate of drug-likeness (QED) is 0.878. The Balaban J connectivity index is 2.12. The van der Waals surface area contributed by atoms with E-state index >= 15 is 0 Å². The summed E-state index contributed by atoms with van der Waals surface area (Å²) in [7, 11) is 2.11. The first-order valence-electron chi connectivity index (χ1n) is 7.01. The monoisotopic (exact) mass is 263 g/mol. The van der Waals surface area contributed by atoms with Gasteiger partial charge in [0, 0.05) is 16.2 Å². The van der Waals surface area contributed by atoms with Crippen molar-refractivity contribution in [1.82, 2.24) is 5.32 Å². The van der Waals surface area contributed by atoms with E-state index in [1.54, 1.807) is 0 Å². The molecule has 1 fully saturated rings. The summed E-state index contributed by atoms with van der Waals surface area (Å²) >= 11 is 2.08. The Morgan fingerprint density at radius 3 is 2.72 bits per heavy atom. The van der Waals surface area contributed by atoms with Gasteiger partial charge in [0.25, 0.3) is 0 Å². The molecule has 1 aromatic carbocycles. The van der Waals surface area contributed by atoms with Crippen molar-refractivity contribution in [3.8, 4) is 0 Å². The van der Waals surface area contributed by atoms with E-state index in [9.17, 15) is 0 Å². The van der Waals surface area contributed by atoms with Crippen LogP contribution in [0.4, 0.5) is 0 Å². The molecule has 0 heterocycles. The van der Waals surface area contributed by atoms with Crippen molar-refractivity contribution in [3.05, 3.63) is 29.3 Å². The predicted octanol–water partition coefficient (Wildman–Crippen LogP) is 4.17. The van der Waals surface area contributed by atoms with Gasteiger partial charge in [-0.25, -0.2) is 0 Å². The molecule has 1 saturated carbocycles. The minimum absolute atomic E-state index is 0.672. The average Bonchev–Trinajstić information content (AvgIpc) is 2.34. The van der Waals surface area contributed by atoms with Crippen LogP contribution in [-0.2, 0) is 0 Å². The summed E-state index contributed by atoms with van der Waals surface area (Å²) in [5.41, 5.74) is 2.78. The highest BCUT2D eigenvalue weighted by atomic mass is 32.2. The lowest BCUT2D eigenvalue weighted by Gasteiger charge is -2.34. The third kappa shape index (κ3) is 3.30. The summed E-state index contributed by atoms with van der Waals surface area (Å²) in [4.78, 5) is 1.47. The molecule has 0 radical (unpaired) electrons. The Hall–Kier alpha value is -0.470. The van der Waals surface area contributed by atoms with E-state index in [2.05, 4.69) is 63.1 Å². The van der Waals surface area contributed by atoms with Crippen LogP contribution in [0.25, 0.3) is 0 Å². The smallest absolute Gasteiger partial charge is 0.0250 e. The molecule has 2 rings (SSSR count). The average molecular weight is 263 g/mol. The van der Waals surface area contributed by atoms with E-state index < -0.39 is 0 Å². The molecule has 1 N–H and O–H groups in total. The summed E-state index contributed by atoms with van der Waals surface area (Å²) in [5, 5.41) is 4.23. The zero-order chi connectivity index (χ0) is 13.1. The number of aryl methyl sites for hydroxylation is 2. The van der Waals surface area contributed by atoms with E-state index in [-0.39, 0.29) is 0 Å². The molecule has 0 amide bonds. The number of hydrogen-bond acceptors (Lipinski definition) is 2. The maximum absolute atomic E-state index is 3.51. The van der Waals surface area contributed by atoms with Crippen LogP contribution < -0.4 is 5.32 Å². The van der Waals surface area contributed by atoms with Gasteiger partial charge in [0.15, 0.2) is 0 Å². The van der Waals surface area contributed by atoms with Crippen LogP contribution in [0.3, 0.4) is 0 Å². The normalized spacial score (nSPS) is 28.3. The molecule has 1 nitrogen and oxygen atoms in total. The van der Waals surface area contributed by atoms with Crippen molar-refractivity contribution in [2.45, 2.75) is 56.2 Å². The number of benzene rings is 1. The molecule has 0 saturated heterocycles. The van der Waals surface area contributed by atoms with E-state index in [4.69, 9.17) is 0 Å². The van der Waals surface area contributed by atoms with Gasteiger partial charge in [-0.15, -0.1) is 11.8 Å². The van der Waals surface area contributed by atoms with Gasteiger partial charge >= 0.3 is 0 Å². The van der Waals surface area contributed by atoms with Gasteiger partial charge in [-0.05, 0) is 57.7 Å². The fourth-order valence-corrected chi connectivity index (χ4v) is 4.48. The van der Waals surface area contributed by atoms with Crippen molar-refractivity contribution >= 4 is 11.8 Å². The Labute approximate surface area is 116 Å². The van der Waals surface area contributed by atoms with E-state index in [1.165, 1.54) is 35.3 Å². The second-order valence-electron chi connectivity index (χ2n) is 5.74. The zero-order valence-corrected chi connectivity index (χ0v) is 12.8. The van der Waals surface area contributed by atoms with Gasteiger partial charge < -0.3 is 5.32 Å². The Bertz CT molecular complexity index is 402. The highest BCUT2D eigenvalue weighted by molar-refractivity contribution is 8.00. The van der Waals surface area contributed by atoms with Crippen LogP contribution in [0.15, 0.2) is 23.1 Å². The van der Waals surface area contributed by atoms with Crippen molar-refractivity contribution < 1.29 is 0 Å². The van der Waals surface area contributed by atoms with Crippen LogP contribution in [0.1, 0.15) is 37.3 Å². The summed E-state index contributed by atoms with van der Waals surface area (Å²) in [5.74, 6) is 0.872. The fourth-order valence-electron chi connectivity index (χ4n) is 2.79. The molecular weight excluding hydrogens is 238 g/mol. The molecule has 0 spiro atoms. The summed E-state index contributed by atoms with van der Waals surface area (Å²) in [6.07, 6.45) is 4.03.